The predicted octanol–water partition coefficient (Wildman–Crippen LogP) is 4.96. The van der Waals surface area contributed by atoms with E-state index in [0.29, 0.717) is 11.1 Å². The van der Waals surface area contributed by atoms with E-state index in [0.717, 1.165) is 0 Å². The second kappa shape index (κ2) is 13.2. The van der Waals surface area contributed by atoms with E-state index >= 15 is 0 Å². The Kier molecular flexibility index (Phi) is 10.4. The van der Waals surface area contributed by atoms with Crippen LogP contribution in [-0.4, -0.2) is 59.0 Å². The number of benzene rings is 1. The highest BCUT2D eigenvalue weighted by atomic mass is 16.6. The van der Waals surface area contributed by atoms with E-state index in [1.807, 2.05) is 39.8 Å². The Bertz CT molecular complexity index is 1220. The van der Waals surface area contributed by atoms with Crippen molar-refractivity contribution >= 4 is 23.9 Å². The Labute approximate surface area is 248 Å². The molecule has 1 N–H and O–H groups in total. The van der Waals surface area contributed by atoms with Gasteiger partial charge in [0.15, 0.2) is 0 Å². The van der Waals surface area contributed by atoms with E-state index in [1.54, 1.807) is 43.3 Å². The SMILES string of the molecule is CC(=O)O[C@@H]1C[C@@H](OC(C)=O)C(C)(C)/C=C\[C@H](C)[C@H](OC(C)=O)[C@@]2(O)C[C@H](C)[C@H](OC(=O)c3ccccc3)[C@@H]2/C=C\1C. The summed E-state index contributed by atoms with van der Waals surface area (Å²) in [6.45, 7) is 13.2. The summed E-state index contributed by atoms with van der Waals surface area (Å²) in [7, 11) is 0. The third kappa shape index (κ3) is 7.68. The predicted molar refractivity (Wildman–Crippen MR) is 155 cm³/mol. The van der Waals surface area contributed by atoms with Gasteiger partial charge in [0.2, 0.25) is 0 Å². The number of fused-ring (bicyclic) bond motifs is 1. The number of carbonyl (C=O) groups is 4. The highest BCUT2D eigenvalue weighted by Gasteiger charge is 2.58. The number of carbonyl (C=O) groups excluding carboxylic acids is 4. The lowest BCUT2D eigenvalue weighted by Crippen LogP contribution is -2.52. The molecule has 2 aliphatic rings. The van der Waals surface area contributed by atoms with Gasteiger partial charge in [-0.1, -0.05) is 64.1 Å². The summed E-state index contributed by atoms with van der Waals surface area (Å²) in [6, 6.07) is 8.57. The van der Waals surface area contributed by atoms with Gasteiger partial charge in [-0.05, 0) is 37.0 Å². The van der Waals surface area contributed by atoms with Gasteiger partial charge in [-0.3, -0.25) is 14.4 Å². The molecule has 0 spiro atoms. The minimum atomic E-state index is -1.63. The van der Waals surface area contributed by atoms with Crippen molar-refractivity contribution in [3.63, 3.8) is 0 Å². The van der Waals surface area contributed by atoms with Crippen molar-refractivity contribution in [3.05, 3.63) is 59.7 Å². The van der Waals surface area contributed by atoms with Crippen LogP contribution in [0.25, 0.3) is 0 Å². The Hall–Kier alpha value is -3.46. The minimum absolute atomic E-state index is 0.162. The number of rotatable bonds is 5. The molecule has 1 fully saturated rings. The average Bonchev–Trinajstić information content (AvgIpc) is 3.13. The van der Waals surface area contributed by atoms with Gasteiger partial charge in [-0.25, -0.2) is 4.79 Å². The van der Waals surface area contributed by atoms with Gasteiger partial charge in [0, 0.05) is 44.4 Å². The van der Waals surface area contributed by atoms with Crippen LogP contribution in [0.4, 0.5) is 0 Å². The van der Waals surface area contributed by atoms with Crippen LogP contribution in [0, 0.1) is 23.2 Å². The maximum absolute atomic E-state index is 13.2. The lowest BCUT2D eigenvalue weighted by Gasteiger charge is -2.41. The van der Waals surface area contributed by atoms with E-state index in [1.165, 1.54) is 20.8 Å². The molecule has 3 rings (SSSR count). The first-order valence-corrected chi connectivity index (χ1v) is 14.4. The molecule has 0 bridgehead atoms. The lowest BCUT2D eigenvalue weighted by molar-refractivity contribution is -0.173. The molecule has 9 nitrogen and oxygen atoms in total. The van der Waals surface area contributed by atoms with Gasteiger partial charge in [0.25, 0.3) is 0 Å². The monoisotopic (exact) mass is 584 g/mol. The van der Waals surface area contributed by atoms with Crippen LogP contribution in [0.15, 0.2) is 54.1 Å². The van der Waals surface area contributed by atoms with Gasteiger partial charge in [0.1, 0.15) is 30.0 Å². The molecule has 0 saturated heterocycles. The molecular formula is C33H44O9. The molecular weight excluding hydrogens is 540 g/mol. The van der Waals surface area contributed by atoms with E-state index in [4.69, 9.17) is 18.9 Å². The molecule has 0 radical (unpaired) electrons. The summed E-state index contributed by atoms with van der Waals surface area (Å²) in [6.07, 6.45) is 2.54. The highest BCUT2D eigenvalue weighted by molar-refractivity contribution is 5.89. The smallest absolute Gasteiger partial charge is 0.338 e. The van der Waals surface area contributed by atoms with Crippen LogP contribution in [0.2, 0.25) is 0 Å². The molecule has 230 valence electrons. The summed E-state index contributed by atoms with van der Waals surface area (Å²) in [5.41, 5.74) is -1.39. The summed E-state index contributed by atoms with van der Waals surface area (Å²) >= 11 is 0. The first kappa shape index (κ1) is 33.0. The van der Waals surface area contributed by atoms with Crippen molar-refractivity contribution in [1.82, 2.24) is 0 Å². The van der Waals surface area contributed by atoms with Crippen LogP contribution < -0.4 is 0 Å². The number of esters is 4. The number of hydrogen-bond acceptors (Lipinski definition) is 9. The fourth-order valence-electron chi connectivity index (χ4n) is 6.17. The zero-order valence-corrected chi connectivity index (χ0v) is 25.8. The highest BCUT2D eigenvalue weighted by Crippen LogP contribution is 2.48. The van der Waals surface area contributed by atoms with Crippen molar-refractivity contribution in [2.45, 2.75) is 98.2 Å². The van der Waals surface area contributed by atoms with Crippen molar-refractivity contribution in [2.24, 2.45) is 23.2 Å². The van der Waals surface area contributed by atoms with E-state index in [2.05, 4.69) is 0 Å². The Balaban J connectivity index is 2.20. The standard InChI is InChI=1S/C33H44O9/c1-19-14-15-32(7,8)28(40-23(5)35)17-27(39-22(4)34)20(2)16-26-29(42-31(37)25-12-10-9-11-13-25)21(3)18-33(26,38)30(19)41-24(6)36/h9-16,19,21,26-30,38H,17-18H2,1-8H3/b15-14-,20-16-/t19-,21-,26-,27+,28+,29-,30-,33+/m0/s1. The van der Waals surface area contributed by atoms with Crippen LogP contribution >= 0.6 is 0 Å². The molecule has 2 aliphatic carbocycles. The lowest BCUT2D eigenvalue weighted by atomic mass is 9.75. The van der Waals surface area contributed by atoms with Crippen LogP contribution in [0.3, 0.4) is 0 Å². The first-order chi connectivity index (χ1) is 19.5. The topological polar surface area (TPSA) is 125 Å². The maximum Gasteiger partial charge on any atom is 0.338 e. The van der Waals surface area contributed by atoms with Crippen LogP contribution in [0.5, 0.6) is 0 Å². The fraction of sp³-hybridized carbons (Fsp3) is 0.576. The number of aliphatic hydroxyl groups is 1. The molecule has 0 amide bonds. The third-order valence-electron chi connectivity index (χ3n) is 8.31. The molecule has 0 aliphatic heterocycles. The van der Waals surface area contributed by atoms with Crippen molar-refractivity contribution in [2.75, 3.05) is 0 Å². The van der Waals surface area contributed by atoms with Crippen molar-refractivity contribution in [3.8, 4) is 0 Å². The van der Waals surface area contributed by atoms with Gasteiger partial charge in [-0.2, -0.15) is 0 Å². The van der Waals surface area contributed by atoms with E-state index in [9.17, 15) is 24.3 Å². The normalized spacial score (nSPS) is 34.7. The molecule has 8 atom stereocenters. The second-order valence-corrected chi connectivity index (χ2v) is 12.3. The molecule has 0 unspecified atom stereocenters. The van der Waals surface area contributed by atoms with Gasteiger partial charge >= 0.3 is 23.9 Å². The number of ether oxygens (including phenoxy) is 4. The van der Waals surface area contributed by atoms with E-state index in [-0.39, 0.29) is 18.8 Å². The van der Waals surface area contributed by atoms with Crippen molar-refractivity contribution in [1.29, 1.82) is 0 Å². The summed E-state index contributed by atoms with van der Waals surface area (Å²) in [5.74, 6) is -3.71. The Morgan fingerprint density at radius 1 is 0.881 bits per heavy atom. The second-order valence-electron chi connectivity index (χ2n) is 12.3. The van der Waals surface area contributed by atoms with Gasteiger partial charge in [-0.15, -0.1) is 0 Å². The quantitative estimate of drug-likeness (QED) is 0.290. The van der Waals surface area contributed by atoms with Crippen LogP contribution in [0.1, 0.15) is 78.6 Å². The first-order valence-electron chi connectivity index (χ1n) is 14.4. The molecule has 1 aromatic carbocycles. The van der Waals surface area contributed by atoms with E-state index < -0.39 is 71.1 Å². The molecule has 9 heteroatoms. The third-order valence-corrected chi connectivity index (χ3v) is 8.31. The summed E-state index contributed by atoms with van der Waals surface area (Å²) in [4.78, 5) is 49.9. The summed E-state index contributed by atoms with van der Waals surface area (Å²) in [5, 5.41) is 12.5. The van der Waals surface area contributed by atoms with Crippen molar-refractivity contribution < 1.29 is 43.2 Å². The average molecular weight is 585 g/mol. The van der Waals surface area contributed by atoms with Crippen LogP contribution in [-0.2, 0) is 33.3 Å². The van der Waals surface area contributed by atoms with Gasteiger partial charge < -0.3 is 24.1 Å². The molecule has 0 heterocycles. The zero-order chi connectivity index (χ0) is 31.4. The summed E-state index contributed by atoms with van der Waals surface area (Å²) < 4.78 is 23.3. The Morgan fingerprint density at radius 3 is 2.05 bits per heavy atom. The number of hydrogen-bond donors (Lipinski definition) is 1. The molecule has 1 aromatic rings. The molecule has 0 aromatic heterocycles. The minimum Gasteiger partial charge on any atom is -0.461 e. The Morgan fingerprint density at radius 2 is 1.48 bits per heavy atom. The molecule has 1 saturated carbocycles. The maximum atomic E-state index is 13.2. The zero-order valence-electron chi connectivity index (χ0n) is 25.8. The largest absolute Gasteiger partial charge is 0.461 e. The van der Waals surface area contributed by atoms with Gasteiger partial charge in [0.05, 0.1) is 5.56 Å². The molecule has 42 heavy (non-hydrogen) atoms. The fourth-order valence-corrected chi connectivity index (χ4v) is 6.17.